The Bertz CT molecular complexity index is 682. The topological polar surface area (TPSA) is 49.9 Å². The number of fused-ring (bicyclic) bond motifs is 1. The third kappa shape index (κ3) is 4.54. The van der Waals surface area contributed by atoms with Gasteiger partial charge in [0.25, 0.3) is 0 Å². The van der Waals surface area contributed by atoms with Gasteiger partial charge >= 0.3 is 0 Å². The highest BCUT2D eigenvalue weighted by Crippen LogP contribution is 2.26. The maximum Gasteiger partial charge on any atom is 0.214 e. The summed E-state index contributed by atoms with van der Waals surface area (Å²) >= 11 is 0. The van der Waals surface area contributed by atoms with Crippen molar-refractivity contribution in [3.8, 4) is 5.75 Å². The molecule has 0 amide bonds. The molecule has 2 aliphatic rings. The van der Waals surface area contributed by atoms with E-state index in [0.717, 1.165) is 63.2 Å². The van der Waals surface area contributed by atoms with Gasteiger partial charge in [-0.3, -0.25) is 0 Å². The van der Waals surface area contributed by atoms with E-state index in [-0.39, 0.29) is 11.8 Å². The largest absolute Gasteiger partial charge is 0.493 e. The van der Waals surface area contributed by atoms with Crippen molar-refractivity contribution in [2.45, 2.75) is 45.1 Å². The van der Waals surface area contributed by atoms with Crippen LogP contribution in [0.4, 0.5) is 0 Å². The number of aryl methyl sites for hydroxylation is 1. The van der Waals surface area contributed by atoms with E-state index in [1.807, 2.05) is 12.1 Å². The summed E-state index contributed by atoms with van der Waals surface area (Å²) in [5.41, 5.74) is 2.28. The quantitative estimate of drug-likeness (QED) is 0.743. The molecule has 140 valence electrons. The number of ether oxygens (including phenoxy) is 1. The second-order valence-corrected chi connectivity index (χ2v) is 9.34. The maximum absolute atomic E-state index is 12.7. The van der Waals surface area contributed by atoms with Crippen LogP contribution in [0.3, 0.4) is 0 Å². The summed E-state index contributed by atoms with van der Waals surface area (Å²) in [5.74, 6) is 1.13. The molecule has 0 atom stereocenters. The number of likely N-dealkylation sites (tertiary alicyclic amines) is 1. The lowest BCUT2D eigenvalue weighted by molar-refractivity contribution is 0.170. The monoisotopic (exact) mass is 366 g/mol. The van der Waals surface area contributed by atoms with Crippen molar-refractivity contribution in [3.05, 3.63) is 29.3 Å². The Kier molecular flexibility index (Phi) is 6.02. The molecule has 5 nitrogen and oxygen atoms in total. The highest BCUT2D eigenvalue weighted by molar-refractivity contribution is 7.89. The summed E-state index contributed by atoms with van der Waals surface area (Å²) in [6.45, 7) is 6.04. The average Bonchev–Trinajstić information content (AvgIpc) is 3.08. The molecule has 0 N–H and O–H groups in total. The van der Waals surface area contributed by atoms with Crippen LogP contribution in [0.2, 0.25) is 0 Å². The van der Waals surface area contributed by atoms with Crippen molar-refractivity contribution in [2.24, 2.45) is 0 Å². The van der Waals surface area contributed by atoms with E-state index in [9.17, 15) is 8.42 Å². The summed E-state index contributed by atoms with van der Waals surface area (Å²) in [6.07, 6.45) is 4.52. The third-order valence-electron chi connectivity index (χ3n) is 5.45. The molecular formula is C19H30N2O3S. The van der Waals surface area contributed by atoms with Crippen molar-refractivity contribution in [2.75, 3.05) is 39.0 Å². The first-order chi connectivity index (χ1) is 12.0. The van der Waals surface area contributed by atoms with Crippen LogP contribution in [0.15, 0.2) is 18.2 Å². The van der Waals surface area contributed by atoms with Crippen LogP contribution in [0.25, 0.3) is 0 Å². The predicted molar refractivity (Wildman–Crippen MR) is 101 cm³/mol. The first-order valence-corrected chi connectivity index (χ1v) is 11.0. The second-order valence-electron chi connectivity index (χ2n) is 7.20. The molecule has 1 aromatic rings. The summed E-state index contributed by atoms with van der Waals surface area (Å²) < 4.78 is 32.6. The predicted octanol–water partition coefficient (Wildman–Crippen LogP) is 2.30. The fourth-order valence-corrected chi connectivity index (χ4v) is 5.28. The molecule has 0 aliphatic carbocycles. The van der Waals surface area contributed by atoms with Gasteiger partial charge in [0.15, 0.2) is 0 Å². The number of nitrogens with zero attached hydrogens (tertiary/aromatic N) is 2. The van der Waals surface area contributed by atoms with Gasteiger partial charge in [0, 0.05) is 19.5 Å². The fourth-order valence-electron chi connectivity index (χ4n) is 3.84. The molecule has 1 fully saturated rings. The van der Waals surface area contributed by atoms with Crippen LogP contribution in [0, 0.1) is 0 Å². The van der Waals surface area contributed by atoms with Crippen molar-refractivity contribution in [3.63, 3.8) is 0 Å². The zero-order valence-electron chi connectivity index (χ0n) is 15.4. The van der Waals surface area contributed by atoms with Gasteiger partial charge in [0.1, 0.15) is 5.75 Å². The molecule has 0 unspecified atom stereocenters. The van der Waals surface area contributed by atoms with Gasteiger partial charge in [0.2, 0.25) is 10.0 Å². The Labute approximate surface area is 152 Å². The lowest BCUT2D eigenvalue weighted by Crippen LogP contribution is -2.46. The molecule has 0 spiro atoms. The molecule has 1 saturated heterocycles. The van der Waals surface area contributed by atoms with Crippen LogP contribution < -0.4 is 4.74 Å². The van der Waals surface area contributed by atoms with Crippen LogP contribution >= 0.6 is 0 Å². The van der Waals surface area contributed by atoms with Crippen LogP contribution in [0.5, 0.6) is 5.75 Å². The minimum Gasteiger partial charge on any atom is -0.493 e. The fraction of sp³-hybridized carbons (Fsp3) is 0.684. The maximum atomic E-state index is 12.7. The summed E-state index contributed by atoms with van der Waals surface area (Å²) in [4.78, 5) is 2.43. The van der Waals surface area contributed by atoms with Gasteiger partial charge in [-0.2, -0.15) is 0 Å². The normalized spacial score (nSPS) is 19.2. The highest BCUT2D eigenvalue weighted by Gasteiger charge is 2.29. The number of piperidine rings is 1. The van der Waals surface area contributed by atoms with Gasteiger partial charge < -0.3 is 9.64 Å². The van der Waals surface area contributed by atoms with Gasteiger partial charge in [-0.15, -0.1) is 0 Å². The van der Waals surface area contributed by atoms with E-state index in [2.05, 4.69) is 17.9 Å². The average molecular weight is 367 g/mol. The highest BCUT2D eigenvalue weighted by atomic mass is 32.2. The summed E-state index contributed by atoms with van der Waals surface area (Å²) in [6, 6.07) is 6.20. The van der Waals surface area contributed by atoms with Gasteiger partial charge in [0.05, 0.1) is 12.4 Å². The van der Waals surface area contributed by atoms with Crippen molar-refractivity contribution in [1.29, 1.82) is 0 Å². The van der Waals surface area contributed by atoms with Crippen LogP contribution in [0.1, 0.15) is 37.3 Å². The zero-order valence-corrected chi connectivity index (χ0v) is 16.2. The second kappa shape index (κ2) is 8.06. The van der Waals surface area contributed by atoms with Crippen LogP contribution in [-0.2, 0) is 22.9 Å². The van der Waals surface area contributed by atoms with Gasteiger partial charge in [-0.25, -0.2) is 12.7 Å². The van der Waals surface area contributed by atoms with Crippen molar-refractivity contribution < 1.29 is 13.2 Å². The molecule has 3 rings (SSSR count). The van der Waals surface area contributed by atoms with E-state index in [0.29, 0.717) is 6.42 Å². The third-order valence-corrected chi connectivity index (χ3v) is 7.35. The number of rotatable bonds is 7. The van der Waals surface area contributed by atoms with Crippen molar-refractivity contribution in [1.82, 2.24) is 9.21 Å². The molecular weight excluding hydrogens is 336 g/mol. The van der Waals surface area contributed by atoms with Crippen LogP contribution in [-0.4, -0.2) is 62.7 Å². The molecule has 0 bridgehead atoms. The lowest BCUT2D eigenvalue weighted by atomic mass is 10.1. The number of hydrogen-bond donors (Lipinski definition) is 0. The van der Waals surface area contributed by atoms with Crippen molar-refractivity contribution >= 4 is 10.0 Å². The number of hydrogen-bond acceptors (Lipinski definition) is 4. The molecule has 2 heterocycles. The Balaban J connectivity index is 1.54. The zero-order chi connectivity index (χ0) is 17.9. The summed E-state index contributed by atoms with van der Waals surface area (Å²) in [7, 11) is -1.46. The molecule has 25 heavy (non-hydrogen) atoms. The first-order valence-electron chi connectivity index (χ1n) is 9.42. The smallest absolute Gasteiger partial charge is 0.214 e. The Morgan fingerprint density at radius 1 is 1.28 bits per heavy atom. The SMILES string of the molecule is CCCN1CCC(N(C)S(=O)(=O)CCc2ccc3c(c2)CCO3)CC1. The molecule has 2 aliphatic heterocycles. The van der Waals surface area contributed by atoms with E-state index in [4.69, 9.17) is 4.74 Å². The molecule has 0 aromatic heterocycles. The Hall–Kier alpha value is -1.11. The minimum absolute atomic E-state index is 0.145. The molecule has 1 aromatic carbocycles. The molecule has 0 radical (unpaired) electrons. The summed E-state index contributed by atoms with van der Waals surface area (Å²) in [5, 5.41) is 0. The molecule has 6 heteroatoms. The van der Waals surface area contributed by atoms with E-state index >= 15 is 0 Å². The minimum atomic E-state index is -3.22. The van der Waals surface area contributed by atoms with Gasteiger partial charge in [-0.05, 0) is 62.5 Å². The molecule has 0 saturated carbocycles. The Morgan fingerprint density at radius 2 is 2.04 bits per heavy atom. The standard InChI is InChI=1S/C19H30N2O3S/c1-3-10-21-11-6-18(7-12-21)20(2)25(22,23)14-9-16-4-5-19-17(15-16)8-13-24-19/h4-5,15,18H,3,6-14H2,1-2H3. The first kappa shape index (κ1) is 18.7. The van der Waals surface area contributed by atoms with Gasteiger partial charge in [-0.1, -0.05) is 19.1 Å². The lowest BCUT2D eigenvalue weighted by Gasteiger charge is -2.36. The Morgan fingerprint density at radius 3 is 2.76 bits per heavy atom. The van der Waals surface area contributed by atoms with E-state index in [1.54, 1.807) is 11.4 Å². The van der Waals surface area contributed by atoms with E-state index in [1.165, 1.54) is 5.56 Å². The number of benzene rings is 1. The number of sulfonamides is 1. The van der Waals surface area contributed by atoms with E-state index < -0.39 is 10.0 Å².